The second-order valence-corrected chi connectivity index (χ2v) is 3.29. The average molecular weight is 242 g/mol. The van der Waals surface area contributed by atoms with E-state index in [1.165, 1.54) is 0 Å². The molecule has 0 saturated heterocycles. The first kappa shape index (κ1) is 18.8. The number of rotatable bonds is 4. The van der Waals surface area contributed by atoms with Crippen LogP contribution in [0.25, 0.3) is 0 Å². The maximum atomic E-state index is 10.4. The molecule has 0 bridgehead atoms. The number of carboxylic acid groups (broad SMARTS) is 2. The van der Waals surface area contributed by atoms with Crippen molar-refractivity contribution in [2.45, 2.75) is 25.7 Å². The predicted molar refractivity (Wildman–Crippen MR) is 49.9 cm³/mol. The zero-order chi connectivity index (χ0) is 10.6. The summed E-state index contributed by atoms with van der Waals surface area (Å²) in [5.41, 5.74) is 1.71. The van der Waals surface area contributed by atoms with Gasteiger partial charge in [-0.1, -0.05) is 23.3 Å². The van der Waals surface area contributed by atoms with Gasteiger partial charge in [-0.25, -0.2) is 0 Å². The fourth-order valence-corrected chi connectivity index (χ4v) is 1.41. The molecular weight excluding hydrogens is 230 g/mol. The van der Waals surface area contributed by atoms with Crippen LogP contribution in [-0.4, -0.2) is 22.2 Å². The van der Waals surface area contributed by atoms with Gasteiger partial charge in [0.1, 0.15) is 0 Å². The summed E-state index contributed by atoms with van der Waals surface area (Å²) in [4.78, 5) is 20.7. The fraction of sp³-hybridized carbons (Fsp3) is 0.400. The Morgan fingerprint density at radius 3 is 1.44 bits per heavy atom. The van der Waals surface area contributed by atoms with Gasteiger partial charge in [0.25, 0.3) is 0 Å². The summed E-state index contributed by atoms with van der Waals surface area (Å²) in [6.45, 7) is 0. The number of hydrogen-bond donors (Lipinski definition) is 2. The molecule has 1 aliphatic carbocycles. The van der Waals surface area contributed by atoms with E-state index in [0.717, 1.165) is 11.1 Å². The average Bonchev–Trinajstić information content (AvgIpc) is 2.06. The molecule has 0 unspecified atom stereocenters. The van der Waals surface area contributed by atoms with Crippen LogP contribution in [0.1, 0.15) is 25.7 Å². The molecule has 16 heavy (non-hydrogen) atoms. The van der Waals surface area contributed by atoms with Gasteiger partial charge in [-0.05, 0) is 12.8 Å². The van der Waals surface area contributed by atoms with Crippen LogP contribution in [0.3, 0.4) is 0 Å². The molecule has 2 N–H and O–H groups in total. The number of allylic oxidation sites excluding steroid dienone is 2. The molecule has 1 rings (SSSR count). The van der Waals surface area contributed by atoms with Gasteiger partial charge in [-0.3, -0.25) is 9.59 Å². The molecule has 0 radical (unpaired) electrons. The first-order valence-electron chi connectivity index (χ1n) is 4.39. The normalized spacial score (nSPS) is 13.8. The minimum Gasteiger partial charge on any atom is -0.481 e. The SMILES string of the molecule is O=C(O)CC1=CC=C(CC(=O)O)CC1.[Na+].[Na+]. The fourth-order valence-electron chi connectivity index (χ4n) is 1.41. The van der Waals surface area contributed by atoms with Crippen molar-refractivity contribution >= 4 is 11.9 Å². The summed E-state index contributed by atoms with van der Waals surface area (Å²) >= 11 is 0. The summed E-state index contributed by atoms with van der Waals surface area (Å²) in [6.07, 6.45) is 4.86. The van der Waals surface area contributed by atoms with Gasteiger partial charge in [0, 0.05) is 0 Å². The van der Waals surface area contributed by atoms with E-state index in [1.54, 1.807) is 12.2 Å². The van der Waals surface area contributed by atoms with Gasteiger partial charge in [0.05, 0.1) is 12.8 Å². The quantitative estimate of drug-likeness (QED) is 0.488. The minimum atomic E-state index is -0.841. The van der Waals surface area contributed by atoms with E-state index in [2.05, 4.69) is 0 Å². The Bertz CT molecular complexity index is 289. The van der Waals surface area contributed by atoms with Crippen molar-refractivity contribution in [2.75, 3.05) is 0 Å². The van der Waals surface area contributed by atoms with Crippen LogP contribution in [0.2, 0.25) is 0 Å². The Kier molecular flexibility index (Phi) is 11.1. The zero-order valence-corrected chi connectivity index (χ0v) is 13.7. The van der Waals surface area contributed by atoms with Crippen LogP contribution < -0.4 is 59.1 Å². The van der Waals surface area contributed by atoms with E-state index >= 15 is 0 Å². The molecule has 0 atom stereocenters. The monoisotopic (exact) mass is 242 g/mol. The van der Waals surface area contributed by atoms with Crippen molar-refractivity contribution in [3.63, 3.8) is 0 Å². The summed E-state index contributed by atoms with van der Waals surface area (Å²) < 4.78 is 0. The van der Waals surface area contributed by atoms with Gasteiger partial charge < -0.3 is 10.2 Å². The smallest absolute Gasteiger partial charge is 0.481 e. The second kappa shape index (κ2) is 9.45. The Labute approximate surface area is 138 Å². The van der Waals surface area contributed by atoms with Crippen molar-refractivity contribution in [3.05, 3.63) is 23.3 Å². The number of aliphatic carboxylic acids is 2. The Morgan fingerprint density at radius 1 is 0.938 bits per heavy atom. The predicted octanol–water partition coefficient (Wildman–Crippen LogP) is -4.41. The number of hydrogen-bond acceptors (Lipinski definition) is 2. The van der Waals surface area contributed by atoms with Crippen LogP contribution in [0, 0.1) is 0 Å². The van der Waals surface area contributed by atoms with Crippen LogP contribution in [0.15, 0.2) is 23.3 Å². The third-order valence-electron chi connectivity index (χ3n) is 2.08. The number of carboxylic acids is 2. The van der Waals surface area contributed by atoms with Crippen molar-refractivity contribution in [3.8, 4) is 0 Å². The first-order chi connectivity index (χ1) is 6.58. The van der Waals surface area contributed by atoms with Gasteiger partial charge in [0.2, 0.25) is 0 Å². The van der Waals surface area contributed by atoms with Crippen LogP contribution in [0.4, 0.5) is 0 Å². The number of carbonyl (C=O) groups is 2. The van der Waals surface area contributed by atoms with Crippen molar-refractivity contribution in [1.82, 2.24) is 0 Å². The van der Waals surface area contributed by atoms with Crippen LogP contribution in [0.5, 0.6) is 0 Å². The van der Waals surface area contributed by atoms with E-state index in [4.69, 9.17) is 10.2 Å². The molecule has 0 amide bonds. The molecule has 0 aromatic carbocycles. The third kappa shape index (κ3) is 7.65. The molecule has 0 spiro atoms. The zero-order valence-electron chi connectivity index (χ0n) is 9.69. The molecule has 76 valence electrons. The van der Waals surface area contributed by atoms with E-state index in [9.17, 15) is 9.59 Å². The van der Waals surface area contributed by atoms with Crippen molar-refractivity contribution < 1.29 is 78.9 Å². The largest absolute Gasteiger partial charge is 1.00 e. The van der Waals surface area contributed by atoms with Crippen molar-refractivity contribution in [1.29, 1.82) is 0 Å². The summed E-state index contributed by atoms with van der Waals surface area (Å²) in [5.74, 6) is -1.68. The van der Waals surface area contributed by atoms with E-state index in [0.29, 0.717) is 12.8 Å². The van der Waals surface area contributed by atoms with Gasteiger partial charge >= 0.3 is 71.1 Å². The van der Waals surface area contributed by atoms with E-state index in [1.807, 2.05) is 0 Å². The Balaban J connectivity index is 0. The summed E-state index contributed by atoms with van der Waals surface area (Å²) in [7, 11) is 0. The molecule has 0 saturated carbocycles. The van der Waals surface area contributed by atoms with E-state index < -0.39 is 11.9 Å². The van der Waals surface area contributed by atoms with Crippen LogP contribution in [-0.2, 0) is 9.59 Å². The molecule has 0 aromatic heterocycles. The molecule has 0 aliphatic heterocycles. The first-order valence-corrected chi connectivity index (χ1v) is 4.39. The third-order valence-corrected chi connectivity index (χ3v) is 2.08. The van der Waals surface area contributed by atoms with Gasteiger partial charge in [0.15, 0.2) is 0 Å². The topological polar surface area (TPSA) is 74.6 Å². The summed E-state index contributed by atoms with van der Waals surface area (Å²) in [5, 5.41) is 17.0. The van der Waals surface area contributed by atoms with E-state index in [-0.39, 0.29) is 72.0 Å². The maximum absolute atomic E-state index is 10.4. The molecule has 0 fully saturated rings. The van der Waals surface area contributed by atoms with Gasteiger partial charge in [-0.2, -0.15) is 0 Å². The molecule has 0 aromatic rings. The molecule has 0 heterocycles. The Hall–Kier alpha value is 0.420. The van der Waals surface area contributed by atoms with Crippen LogP contribution >= 0.6 is 0 Å². The molecule has 6 heteroatoms. The van der Waals surface area contributed by atoms with Gasteiger partial charge in [-0.15, -0.1) is 0 Å². The maximum Gasteiger partial charge on any atom is 1.00 e. The molecular formula is C10H12Na2O4+2. The minimum absolute atomic E-state index is 0. The summed E-state index contributed by atoms with van der Waals surface area (Å²) in [6, 6.07) is 0. The molecule has 1 aliphatic rings. The standard InChI is InChI=1S/C10H12O4.2Na/c11-9(12)5-7-1-2-8(4-3-7)6-10(13)14;;/h1-2H,3-6H2,(H,11,12)(H,13,14);;/q;2*+1. The van der Waals surface area contributed by atoms with Crippen molar-refractivity contribution in [2.24, 2.45) is 0 Å². The molecule has 4 nitrogen and oxygen atoms in total. The second-order valence-electron chi connectivity index (χ2n) is 3.29. The Morgan fingerprint density at radius 2 is 1.25 bits per heavy atom.